The lowest BCUT2D eigenvalue weighted by Gasteiger charge is -2.09. The summed E-state index contributed by atoms with van der Waals surface area (Å²) in [4.78, 5) is 0. The van der Waals surface area contributed by atoms with Crippen LogP contribution in [0.15, 0.2) is 48.5 Å². The highest BCUT2D eigenvalue weighted by molar-refractivity contribution is 6.13. The van der Waals surface area contributed by atoms with Crippen molar-refractivity contribution in [1.29, 1.82) is 0 Å². The lowest BCUT2D eigenvalue weighted by atomic mass is 9.95. The largest absolute Gasteiger partial charge is 0.392 e. The molecular weight excluding hydrogens is 282 g/mol. The van der Waals surface area contributed by atoms with Crippen LogP contribution in [0.4, 0.5) is 8.78 Å². The van der Waals surface area contributed by atoms with Crippen LogP contribution in [-0.4, -0.2) is 5.11 Å². The topological polar surface area (TPSA) is 20.2 Å². The van der Waals surface area contributed by atoms with E-state index in [2.05, 4.69) is 0 Å². The van der Waals surface area contributed by atoms with Crippen LogP contribution in [0.1, 0.15) is 22.3 Å². The van der Waals surface area contributed by atoms with Crippen molar-refractivity contribution in [2.45, 2.75) is 6.61 Å². The van der Waals surface area contributed by atoms with E-state index in [-0.39, 0.29) is 6.61 Å². The van der Waals surface area contributed by atoms with Crippen LogP contribution in [0.2, 0.25) is 0 Å². The zero-order valence-corrected chi connectivity index (χ0v) is 11.6. The molecule has 3 aromatic rings. The van der Waals surface area contributed by atoms with Gasteiger partial charge >= 0.3 is 0 Å². The van der Waals surface area contributed by atoms with Crippen LogP contribution in [-0.2, 0) is 6.61 Å². The molecule has 0 unspecified atom stereocenters. The molecule has 0 bridgehead atoms. The SMILES string of the molecule is OCc1ccc2c3c(cccc13)C=C2c1cc(F)cc(F)c1. The smallest absolute Gasteiger partial charge is 0.126 e. The van der Waals surface area contributed by atoms with Crippen LogP contribution in [0.25, 0.3) is 22.4 Å². The standard InChI is InChI=1S/C19H12F2O/c20-14-6-13(7-15(21)9-14)18-8-11-2-1-3-16-12(10-22)4-5-17(18)19(11)16/h1-9,22H,10H2. The Morgan fingerprint density at radius 3 is 2.41 bits per heavy atom. The molecule has 0 radical (unpaired) electrons. The van der Waals surface area contributed by atoms with Crippen molar-refractivity contribution >= 4 is 22.4 Å². The summed E-state index contributed by atoms with van der Waals surface area (Å²) < 4.78 is 27.0. The maximum atomic E-state index is 13.5. The molecule has 0 amide bonds. The zero-order valence-electron chi connectivity index (χ0n) is 11.6. The maximum Gasteiger partial charge on any atom is 0.126 e. The highest BCUT2D eigenvalue weighted by Gasteiger charge is 2.20. The number of hydrogen-bond donors (Lipinski definition) is 1. The van der Waals surface area contributed by atoms with Crippen LogP contribution in [0.5, 0.6) is 0 Å². The summed E-state index contributed by atoms with van der Waals surface area (Å²) in [6.45, 7) is -0.0375. The molecule has 1 nitrogen and oxygen atoms in total. The highest BCUT2D eigenvalue weighted by atomic mass is 19.1. The molecule has 0 fully saturated rings. The fraction of sp³-hybridized carbons (Fsp3) is 0.0526. The molecule has 0 heterocycles. The Hall–Kier alpha value is -2.52. The Morgan fingerprint density at radius 1 is 0.909 bits per heavy atom. The van der Waals surface area contributed by atoms with Crippen LogP contribution < -0.4 is 0 Å². The van der Waals surface area contributed by atoms with Gasteiger partial charge in [-0.05, 0) is 56.8 Å². The first-order valence-electron chi connectivity index (χ1n) is 7.01. The molecule has 0 atom stereocenters. The average molecular weight is 294 g/mol. The first-order valence-corrected chi connectivity index (χ1v) is 7.01. The van der Waals surface area contributed by atoms with Gasteiger partial charge in [0.1, 0.15) is 11.6 Å². The molecule has 1 aliphatic rings. The zero-order chi connectivity index (χ0) is 15.3. The second-order valence-corrected chi connectivity index (χ2v) is 5.42. The van der Waals surface area contributed by atoms with Crippen molar-refractivity contribution in [1.82, 2.24) is 0 Å². The molecule has 1 N–H and O–H groups in total. The predicted molar refractivity (Wildman–Crippen MR) is 83.2 cm³/mol. The molecule has 0 spiro atoms. The second kappa shape index (κ2) is 4.75. The number of benzene rings is 3. The molecule has 0 aromatic heterocycles. The van der Waals surface area contributed by atoms with Gasteiger partial charge in [0.25, 0.3) is 0 Å². The van der Waals surface area contributed by atoms with Gasteiger partial charge in [0, 0.05) is 6.07 Å². The van der Waals surface area contributed by atoms with Crippen LogP contribution >= 0.6 is 0 Å². The molecule has 0 saturated heterocycles. The Balaban J connectivity index is 1.99. The fourth-order valence-electron chi connectivity index (χ4n) is 3.16. The summed E-state index contributed by atoms with van der Waals surface area (Å²) in [6, 6.07) is 13.2. The third kappa shape index (κ3) is 1.86. The number of rotatable bonds is 2. The summed E-state index contributed by atoms with van der Waals surface area (Å²) in [5.41, 5.74) is 4.11. The second-order valence-electron chi connectivity index (χ2n) is 5.42. The number of hydrogen-bond acceptors (Lipinski definition) is 1. The number of halogens is 2. The van der Waals surface area contributed by atoms with E-state index in [9.17, 15) is 13.9 Å². The summed E-state index contributed by atoms with van der Waals surface area (Å²) in [5, 5.41) is 11.5. The lowest BCUT2D eigenvalue weighted by Crippen LogP contribution is -1.92. The molecule has 22 heavy (non-hydrogen) atoms. The molecule has 3 aromatic carbocycles. The van der Waals surface area contributed by atoms with E-state index in [0.29, 0.717) is 5.56 Å². The van der Waals surface area contributed by atoms with Crippen molar-refractivity contribution in [3.05, 3.63) is 82.4 Å². The Labute approximate surface area is 126 Å². The Kier molecular flexibility index (Phi) is 2.84. The monoisotopic (exact) mass is 294 g/mol. The van der Waals surface area contributed by atoms with E-state index < -0.39 is 11.6 Å². The van der Waals surface area contributed by atoms with E-state index in [1.54, 1.807) is 0 Å². The molecular formula is C19H12F2O. The Bertz CT molecular complexity index is 921. The first kappa shape index (κ1) is 13.2. The van der Waals surface area contributed by atoms with Gasteiger partial charge in [0.05, 0.1) is 6.61 Å². The van der Waals surface area contributed by atoms with Crippen molar-refractivity contribution < 1.29 is 13.9 Å². The Morgan fingerprint density at radius 2 is 1.68 bits per heavy atom. The first-order chi connectivity index (χ1) is 10.7. The van der Waals surface area contributed by atoms with Gasteiger partial charge < -0.3 is 5.11 Å². The summed E-state index contributed by atoms with van der Waals surface area (Å²) in [6.07, 6.45) is 1.94. The van der Waals surface area contributed by atoms with Gasteiger partial charge in [-0.2, -0.15) is 0 Å². The quantitative estimate of drug-likeness (QED) is 0.576. The van der Waals surface area contributed by atoms with Gasteiger partial charge in [-0.3, -0.25) is 0 Å². The van der Waals surface area contributed by atoms with Crippen molar-refractivity contribution in [2.75, 3.05) is 0 Å². The summed E-state index contributed by atoms with van der Waals surface area (Å²) in [5.74, 6) is -1.18. The average Bonchev–Trinajstić information content (AvgIpc) is 2.88. The normalized spacial score (nSPS) is 12.8. The molecule has 4 rings (SSSR count). The van der Waals surface area contributed by atoms with Gasteiger partial charge in [-0.25, -0.2) is 8.78 Å². The third-order valence-electron chi connectivity index (χ3n) is 4.10. The van der Waals surface area contributed by atoms with Crippen molar-refractivity contribution in [2.24, 2.45) is 0 Å². The minimum absolute atomic E-state index is 0.0375. The minimum Gasteiger partial charge on any atom is -0.392 e. The number of aliphatic hydroxyl groups excluding tert-OH is 1. The van der Waals surface area contributed by atoms with Gasteiger partial charge in [-0.1, -0.05) is 30.3 Å². The van der Waals surface area contributed by atoms with Gasteiger partial charge in [-0.15, -0.1) is 0 Å². The summed E-state index contributed by atoms with van der Waals surface area (Å²) in [7, 11) is 0. The molecule has 1 aliphatic carbocycles. The van der Waals surface area contributed by atoms with E-state index in [4.69, 9.17) is 0 Å². The van der Waals surface area contributed by atoms with Crippen LogP contribution in [0.3, 0.4) is 0 Å². The fourth-order valence-corrected chi connectivity index (χ4v) is 3.16. The van der Waals surface area contributed by atoms with Crippen molar-refractivity contribution in [3.63, 3.8) is 0 Å². The third-order valence-corrected chi connectivity index (χ3v) is 4.10. The van der Waals surface area contributed by atoms with Gasteiger partial charge in [0.15, 0.2) is 0 Å². The molecule has 0 saturated carbocycles. The molecule has 0 aliphatic heterocycles. The van der Waals surface area contributed by atoms with Crippen LogP contribution in [0, 0.1) is 11.6 Å². The summed E-state index contributed by atoms with van der Waals surface area (Å²) >= 11 is 0. The molecule has 3 heteroatoms. The van der Waals surface area contributed by atoms with E-state index in [1.807, 2.05) is 36.4 Å². The minimum atomic E-state index is -0.588. The van der Waals surface area contributed by atoms with Gasteiger partial charge in [0.2, 0.25) is 0 Å². The van der Waals surface area contributed by atoms with E-state index in [0.717, 1.165) is 39.1 Å². The van der Waals surface area contributed by atoms with E-state index in [1.165, 1.54) is 12.1 Å². The van der Waals surface area contributed by atoms with E-state index >= 15 is 0 Å². The predicted octanol–water partition coefficient (Wildman–Crippen LogP) is 4.51. The maximum absolute atomic E-state index is 13.5. The lowest BCUT2D eigenvalue weighted by molar-refractivity contribution is 0.283. The molecule has 108 valence electrons. The highest BCUT2D eigenvalue weighted by Crippen LogP contribution is 2.41. The number of aliphatic hydroxyl groups is 1. The van der Waals surface area contributed by atoms with Crippen molar-refractivity contribution in [3.8, 4) is 0 Å².